The fourth-order valence-corrected chi connectivity index (χ4v) is 4.47. The first-order valence-corrected chi connectivity index (χ1v) is 9.23. The summed E-state index contributed by atoms with van der Waals surface area (Å²) in [7, 11) is 4.12. The summed E-state index contributed by atoms with van der Waals surface area (Å²) in [6.45, 7) is 5.54. The number of aromatic nitrogens is 2. The summed E-state index contributed by atoms with van der Waals surface area (Å²) in [5.41, 5.74) is 1.53. The third kappa shape index (κ3) is 2.93. The number of nitrogens with one attached hydrogen (secondary N) is 1. The fraction of sp³-hybridized carbons (Fsp3) is 0.579. The molecule has 1 amide bonds. The molecule has 0 aliphatic carbocycles. The maximum atomic E-state index is 12.9. The molecule has 1 aromatic carbocycles. The van der Waals surface area contributed by atoms with Gasteiger partial charge in [0.05, 0.1) is 5.52 Å². The number of benzene rings is 1. The largest absolute Gasteiger partial charge is 0.348 e. The molecule has 2 bridgehead atoms. The van der Waals surface area contributed by atoms with Gasteiger partial charge in [-0.05, 0) is 32.5 Å². The van der Waals surface area contributed by atoms with E-state index in [2.05, 4.69) is 34.2 Å². The molecule has 0 saturated carbocycles. The SMILES string of the molecule is CCN1CC2CC(NC(=O)c3nn(C)c4ccccc34)CC(C1)N2C. The van der Waals surface area contributed by atoms with Gasteiger partial charge in [-0.15, -0.1) is 0 Å². The van der Waals surface area contributed by atoms with Crippen LogP contribution in [0.3, 0.4) is 0 Å². The van der Waals surface area contributed by atoms with E-state index in [9.17, 15) is 4.79 Å². The van der Waals surface area contributed by atoms with Crippen LogP contribution in [0.15, 0.2) is 24.3 Å². The second kappa shape index (κ2) is 6.42. The maximum Gasteiger partial charge on any atom is 0.272 e. The van der Waals surface area contributed by atoms with Crippen LogP contribution < -0.4 is 5.32 Å². The van der Waals surface area contributed by atoms with E-state index in [-0.39, 0.29) is 11.9 Å². The highest BCUT2D eigenvalue weighted by Crippen LogP contribution is 2.28. The molecule has 2 fully saturated rings. The molecule has 6 heteroatoms. The van der Waals surface area contributed by atoms with Crippen LogP contribution in [0.25, 0.3) is 10.9 Å². The fourth-order valence-electron chi connectivity index (χ4n) is 4.47. The van der Waals surface area contributed by atoms with Gasteiger partial charge in [0.25, 0.3) is 5.91 Å². The maximum absolute atomic E-state index is 12.9. The van der Waals surface area contributed by atoms with Gasteiger partial charge >= 0.3 is 0 Å². The Hall–Kier alpha value is -1.92. The topological polar surface area (TPSA) is 53.4 Å². The van der Waals surface area contributed by atoms with Gasteiger partial charge in [0, 0.05) is 43.6 Å². The van der Waals surface area contributed by atoms with Crippen molar-refractivity contribution in [1.82, 2.24) is 24.9 Å². The lowest BCUT2D eigenvalue weighted by atomic mass is 9.88. The van der Waals surface area contributed by atoms with E-state index >= 15 is 0 Å². The van der Waals surface area contributed by atoms with Gasteiger partial charge < -0.3 is 10.2 Å². The van der Waals surface area contributed by atoms with Crippen molar-refractivity contribution >= 4 is 16.8 Å². The molecule has 2 atom stereocenters. The molecular weight excluding hydrogens is 314 g/mol. The summed E-state index contributed by atoms with van der Waals surface area (Å²) in [6.07, 6.45) is 2.03. The van der Waals surface area contributed by atoms with Crippen LogP contribution in [-0.2, 0) is 7.05 Å². The number of para-hydroxylation sites is 1. The number of rotatable bonds is 3. The zero-order chi connectivity index (χ0) is 17.6. The van der Waals surface area contributed by atoms with Crippen molar-refractivity contribution in [3.63, 3.8) is 0 Å². The van der Waals surface area contributed by atoms with Crippen molar-refractivity contribution in [2.45, 2.75) is 37.9 Å². The Kier molecular flexibility index (Phi) is 4.25. The Morgan fingerprint density at radius 2 is 1.88 bits per heavy atom. The van der Waals surface area contributed by atoms with Crippen molar-refractivity contribution in [3.05, 3.63) is 30.0 Å². The predicted octanol–water partition coefficient (Wildman–Crippen LogP) is 1.47. The number of carbonyl (C=O) groups excluding carboxylic acids is 1. The first kappa shape index (κ1) is 16.5. The number of likely N-dealkylation sites (N-methyl/N-ethyl adjacent to an activating group) is 2. The molecule has 0 radical (unpaired) electrons. The van der Waals surface area contributed by atoms with E-state index in [4.69, 9.17) is 0 Å². The standard InChI is InChI=1S/C19H27N5O/c1-4-24-11-14-9-13(10-15(12-24)22(14)2)20-19(25)18-16-7-5-6-8-17(16)23(3)21-18/h5-8,13-15H,4,9-12H2,1-3H3,(H,20,25). The van der Waals surface area contributed by atoms with Gasteiger partial charge in [-0.2, -0.15) is 5.10 Å². The average molecular weight is 341 g/mol. The Morgan fingerprint density at radius 3 is 2.56 bits per heavy atom. The Bertz CT molecular complexity index is 769. The molecule has 2 unspecified atom stereocenters. The highest BCUT2D eigenvalue weighted by atomic mass is 16.2. The molecule has 1 N–H and O–H groups in total. The molecule has 3 heterocycles. The van der Waals surface area contributed by atoms with Crippen LogP contribution in [0.5, 0.6) is 0 Å². The van der Waals surface area contributed by atoms with E-state index in [1.54, 1.807) is 4.68 Å². The molecule has 6 nitrogen and oxygen atoms in total. The van der Waals surface area contributed by atoms with E-state index in [1.165, 1.54) is 0 Å². The average Bonchev–Trinajstić information content (AvgIpc) is 2.93. The Balaban J connectivity index is 1.50. The normalized spacial score (nSPS) is 27.6. The zero-order valence-electron chi connectivity index (χ0n) is 15.3. The van der Waals surface area contributed by atoms with Crippen molar-refractivity contribution in [2.24, 2.45) is 7.05 Å². The van der Waals surface area contributed by atoms with Crippen LogP contribution in [-0.4, -0.2) is 70.3 Å². The van der Waals surface area contributed by atoms with Gasteiger partial charge in [0.15, 0.2) is 5.69 Å². The first-order valence-electron chi connectivity index (χ1n) is 9.23. The summed E-state index contributed by atoms with van der Waals surface area (Å²) < 4.78 is 1.78. The van der Waals surface area contributed by atoms with Gasteiger partial charge in [-0.25, -0.2) is 0 Å². The molecule has 1 aromatic heterocycles. The van der Waals surface area contributed by atoms with Crippen molar-refractivity contribution in [2.75, 3.05) is 26.7 Å². The number of hydrogen-bond acceptors (Lipinski definition) is 4. The molecule has 2 saturated heterocycles. The van der Waals surface area contributed by atoms with Crippen LogP contribution in [0, 0.1) is 0 Å². The van der Waals surface area contributed by atoms with Gasteiger partial charge in [-0.1, -0.05) is 25.1 Å². The summed E-state index contributed by atoms with van der Waals surface area (Å²) in [5.74, 6) is -0.0447. The molecule has 4 rings (SSSR count). The van der Waals surface area contributed by atoms with E-state index in [1.807, 2.05) is 31.3 Å². The summed E-state index contributed by atoms with van der Waals surface area (Å²) in [5, 5.41) is 8.64. The summed E-state index contributed by atoms with van der Waals surface area (Å²) in [4.78, 5) is 17.9. The van der Waals surface area contributed by atoms with Crippen LogP contribution in [0.2, 0.25) is 0 Å². The van der Waals surface area contributed by atoms with E-state index in [0.717, 1.165) is 43.4 Å². The first-order chi connectivity index (χ1) is 12.1. The molecule has 134 valence electrons. The highest BCUT2D eigenvalue weighted by molar-refractivity contribution is 6.04. The lowest BCUT2D eigenvalue weighted by molar-refractivity contribution is 0.000202. The van der Waals surface area contributed by atoms with Crippen molar-refractivity contribution in [3.8, 4) is 0 Å². The second-order valence-electron chi connectivity index (χ2n) is 7.46. The van der Waals surface area contributed by atoms with E-state index < -0.39 is 0 Å². The number of likely N-dealkylation sites (tertiary alicyclic amines) is 1. The third-order valence-electron chi connectivity index (χ3n) is 5.96. The summed E-state index contributed by atoms with van der Waals surface area (Å²) >= 11 is 0. The Labute approximate surface area is 148 Å². The minimum atomic E-state index is -0.0447. The minimum Gasteiger partial charge on any atom is -0.348 e. The number of amides is 1. The highest BCUT2D eigenvalue weighted by Gasteiger charge is 2.39. The van der Waals surface area contributed by atoms with E-state index in [0.29, 0.717) is 17.8 Å². The number of hydrogen-bond donors (Lipinski definition) is 1. The molecular formula is C19H27N5O. The van der Waals surface area contributed by atoms with Crippen LogP contribution in [0.4, 0.5) is 0 Å². The number of piperidine rings is 1. The number of fused-ring (bicyclic) bond motifs is 3. The molecule has 2 aliphatic rings. The monoisotopic (exact) mass is 341 g/mol. The smallest absolute Gasteiger partial charge is 0.272 e. The van der Waals surface area contributed by atoms with Gasteiger partial charge in [0.2, 0.25) is 0 Å². The quantitative estimate of drug-likeness (QED) is 0.919. The van der Waals surface area contributed by atoms with Crippen molar-refractivity contribution in [1.29, 1.82) is 0 Å². The van der Waals surface area contributed by atoms with Crippen LogP contribution >= 0.6 is 0 Å². The molecule has 25 heavy (non-hydrogen) atoms. The molecule has 2 aromatic rings. The number of piperazine rings is 1. The van der Waals surface area contributed by atoms with Crippen molar-refractivity contribution < 1.29 is 4.79 Å². The molecule has 2 aliphatic heterocycles. The number of aryl methyl sites for hydroxylation is 1. The van der Waals surface area contributed by atoms with Crippen LogP contribution in [0.1, 0.15) is 30.3 Å². The lowest BCUT2D eigenvalue weighted by Crippen LogP contribution is -2.63. The summed E-state index contributed by atoms with van der Waals surface area (Å²) in [6, 6.07) is 9.19. The third-order valence-corrected chi connectivity index (χ3v) is 5.96. The molecule has 0 spiro atoms. The lowest BCUT2D eigenvalue weighted by Gasteiger charge is -2.50. The minimum absolute atomic E-state index is 0.0447. The number of nitrogens with zero attached hydrogens (tertiary/aromatic N) is 4. The Morgan fingerprint density at radius 1 is 1.20 bits per heavy atom. The van der Waals surface area contributed by atoms with Gasteiger partial charge in [0.1, 0.15) is 0 Å². The zero-order valence-corrected chi connectivity index (χ0v) is 15.3. The van der Waals surface area contributed by atoms with Gasteiger partial charge in [-0.3, -0.25) is 14.4 Å². The predicted molar refractivity (Wildman–Crippen MR) is 98.7 cm³/mol. The second-order valence-corrected chi connectivity index (χ2v) is 7.46. The number of carbonyl (C=O) groups is 1.